The minimum Gasteiger partial charge on any atom is -0.300 e. The zero-order valence-corrected chi connectivity index (χ0v) is 17.5. The lowest BCUT2D eigenvalue weighted by Crippen LogP contribution is -2.45. The van der Waals surface area contributed by atoms with Gasteiger partial charge in [-0.2, -0.15) is 31.6 Å². The Hall–Kier alpha value is -3.62. The van der Waals surface area contributed by atoms with Crippen LogP contribution in [0.4, 0.5) is 26.3 Å². The summed E-state index contributed by atoms with van der Waals surface area (Å²) in [6.07, 6.45) is -3.57. The fraction of sp³-hybridized carbons (Fsp3) is 0.333. The van der Waals surface area contributed by atoms with Crippen LogP contribution in [0.25, 0.3) is 22.3 Å². The van der Waals surface area contributed by atoms with E-state index in [9.17, 15) is 32.0 Å². The molecule has 12 heteroatoms. The van der Waals surface area contributed by atoms with E-state index in [1.807, 2.05) is 6.07 Å². The van der Waals surface area contributed by atoms with Crippen LogP contribution in [0, 0.1) is 17.1 Å². The summed E-state index contributed by atoms with van der Waals surface area (Å²) in [6.45, 7) is 1.22. The van der Waals surface area contributed by atoms with Crippen molar-refractivity contribution in [2.75, 3.05) is 7.11 Å². The third kappa shape index (κ3) is 4.35. The predicted octanol–water partition coefficient (Wildman–Crippen LogP) is 3.55. The molecule has 0 saturated carbocycles. The molecule has 3 aromatic heterocycles. The Bertz CT molecular complexity index is 1330. The topological polar surface area (TPSA) is 71.8 Å². The average Bonchev–Trinajstić information content (AvgIpc) is 2.73. The number of halogens is 6. The summed E-state index contributed by atoms with van der Waals surface area (Å²) in [6, 6.07) is 6.41. The molecule has 174 valence electrons. The first-order chi connectivity index (χ1) is 15.2. The Morgan fingerprint density at radius 1 is 1.18 bits per heavy atom. The Labute approximate surface area is 183 Å². The maximum atomic E-state index is 15.0. The Morgan fingerprint density at radius 3 is 2.42 bits per heavy atom. The van der Waals surface area contributed by atoms with Crippen LogP contribution in [0.2, 0.25) is 0 Å². The molecule has 0 aliphatic carbocycles. The molecule has 3 heterocycles. The molecule has 3 aromatic rings. The van der Waals surface area contributed by atoms with Gasteiger partial charge in [0.2, 0.25) is 12.0 Å². The number of aromatic nitrogens is 3. The molecule has 0 amide bonds. The Morgan fingerprint density at radius 2 is 1.85 bits per heavy atom. The summed E-state index contributed by atoms with van der Waals surface area (Å²) < 4.78 is 81.4. The maximum absolute atomic E-state index is 15.0. The van der Waals surface area contributed by atoms with Gasteiger partial charge < -0.3 is 4.57 Å². The van der Waals surface area contributed by atoms with Crippen LogP contribution in [0.5, 0.6) is 0 Å². The van der Waals surface area contributed by atoms with Gasteiger partial charge >= 0.3 is 17.8 Å². The van der Waals surface area contributed by atoms with Gasteiger partial charge in [-0.25, -0.2) is 4.98 Å². The fourth-order valence-electron chi connectivity index (χ4n) is 3.10. The van der Waals surface area contributed by atoms with Crippen molar-refractivity contribution < 1.29 is 35.9 Å². The van der Waals surface area contributed by atoms with Crippen LogP contribution >= 0.6 is 0 Å². The molecule has 33 heavy (non-hydrogen) atoms. The van der Waals surface area contributed by atoms with E-state index in [1.165, 1.54) is 25.4 Å². The standard InChI is InChI=1S/C21H17F6N4O2/c1-19(2,10-28)13-7-14(22)18(31(9-13)33-3)15-6-12-4-5-17(32)30(16(12)8-29-15)11-20(23,24)21(25,26)27/h4-9H,11H2,1-3H3/q+1. The number of pyridine rings is 3. The maximum Gasteiger partial charge on any atom is 0.455 e. The highest BCUT2D eigenvalue weighted by Crippen LogP contribution is 2.37. The second-order valence-electron chi connectivity index (χ2n) is 7.76. The van der Waals surface area contributed by atoms with Crippen molar-refractivity contribution in [2.24, 2.45) is 0 Å². The second kappa shape index (κ2) is 8.06. The molecule has 0 bridgehead atoms. The van der Waals surface area contributed by atoms with Crippen molar-refractivity contribution in [2.45, 2.75) is 37.9 Å². The van der Waals surface area contributed by atoms with Gasteiger partial charge in [-0.3, -0.25) is 9.63 Å². The smallest absolute Gasteiger partial charge is 0.300 e. The molecule has 6 nitrogen and oxygen atoms in total. The lowest BCUT2D eigenvalue weighted by atomic mass is 9.87. The molecular formula is C21H17F6N4O2+. The molecule has 3 rings (SSSR count). The van der Waals surface area contributed by atoms with Crippen molar-refractivity contribution in [3.63, 3.8) is 0 Å². The number of fused-ring (bicyclic) bond motifs is 1. The minimum absolute atomic E-state index is 0.0454. The summed E-state index contributed by atoms with van der Waals surface area (Å²) in [4.78, 5) is 21.2. The summed E-state index contributed by atoms with van der Waals surface area (Å²) in [5.41, 5.74) is -2.34. The number of rotatable bonds is 5. The lowest BCUT2D eigenvalue weighted by Gasteiger charge is -2.21. The highest BCUT2D eigenvalue weighted by Gasteiger charge is 2.57. The van der Waals surface area contributed by atoms with Crippen LogP contribution < -0.4 is 15.1 Å². The van der Waals surface area contributed by atoms with Gasteiger partial charge in [0.05, 0.1) is 29.7 Å². The van der Waals surface area contributed by atoms with E-state index in [4.69, 9.17) is 4.84 Å². The number of nitrogens with zero attached hydrogens (tertiary/aromatic N) is 4. The van der Waals surface area contributed by atoms with Gasteiger partial charge in [-0.15, -0.1) is 0 Å². The van der Waals surface area contributed by atoms with Crippen LogP contribution in [0.15, 0.2) is 41.5 Å². The first-order valence-electron chi connectivity index (χ1n) is 9.38. The van der Waals surface area contributed by atoms with Crippen molar-refractivity contribution in [1.82, 2.24) is 9.55 Å². The molecule has 0 fully saturated rings. The third-order valence-electron chi connectivity index (χ3n) is 5.07. The van der Waals surface area contributed by atoms with E-state index in [1.54, 1.807) is 13.8 Å². The summed E-state index contributed by atoms with van der Waals surface area (Å²) in [5, 5.41) is 9.37. The van der Waals surface area contributed by atoms with Crippen molar-refractivity contribution in [3.05, 3.63) is 58.4 Å². The zero-order valence-electron chi connectivity index (χ0n) is 17.5. The summed E-state index contributed by atoms with van der Waals surface area (Å²) >= 11 is 0. The van der Waals surface area contributed by atoms with Gasteiger partial charge in [0.15, 0.2) is 0 Å². The SMILES string of the molecule is CO[n+]1cc(C(C)(C)C#N)cc(F)c1-c1cc2ccc(=O)n(CC(F)(F)C(F)(F)F)c2cn1. The summed E-state index contributed by atoms with van der Waals surface area (Å²) in [7, 11) is 1.24. The Kier molecular flexibility index (Phi) is 5.87. The normalized spacial score (nSPS) is 12.6. The largest absolute Gasteiger partial charge is 0.455 e. The first kappa shape index (κ1) is 24.0. The molecular weight excluding hydrogens is 454 g/mol. The predicted molar refractivity (Wildman–Crippen MR) is 104 cm³/mol. The summed E-state index contributed by atoms with van der Waals surface area (Å²) in [5.74, 6) is -5.97. The lowest BCUT2D eigenvalue weighted by molar-refractivity contribution is -0.878. The molecule has 0 N–H and O–H groups in total. The highest BCUT2D eigenvalue weighted by molar-refractivity contribution is 5.81. The van der Waals surface area contributed by atoms with Crippen molar-refractivity contribution in [3.8, 4) is 17.5 Å². The van der Waals surface area contributed by atoms with Gasteiger partial charge in [-0.05, 0) is 32.0 Å². The van der Waals surface area contributed by atoms with Gasteiger partial charge in [0.25, 0.3) is 5.56 Å². The zero-order chi connectivity index (χ0) is 24.8. The number of alkyl halides is 5. The molecule has 0 aliphatic rings. The minimum atomic E-state index is -5.85. The van der Waals surface area contributed by atoms with E-state index in [-0.39, 0.29) is 26.9 Å². The van der Waals surface area contributed by atoms with Crippen LogP contribution in [-0.2, 0) is 12.0 Å². The molecule has 0 atom stereocenters. The van der Waals surface area contributed by atoms with E-state index in [0.29, 0.717) is 5.56 Å². The van der Waals surface area contributed by atoms with E-state index in [2.05, 4.69) is 4.98 Å². The van der Waals surface area contributed by atoms with Gasteiger partial charge in [0.1, 0.15) is 12.8 Å². The van der Waals surface area contributed by atoms with E-state index >= 15 is 4.39 Å². The number of hydrogen-bond acceptors (Lipinski definition) is 4. The second-order valence-corrected chi connectivity index (χ2v) is 7.76. The molecule has 0 aliphatic heterocycles. The molecule has 0 unspecified atom stereocenters. The molecule has 0 spiro atoms. The van der Waals surface area contributed by atoms with Gasteiger partial charge in [-0.1, -0.05) is 0 Å². The quantitative estimate of drug-likeness (QED) is 0.422. The monoisotopic (exact) mass is 471 g/mol. The van der Waals surface area contributed by atoms with E-state index in [0.717, 1.165) is 23.1 Å². The van der Waals surface area contributed by atoms with Crippen molar-refractivity contribution in [1.29, 1.82) is 5.26 Å². The third-order valence-corrected chi connectivity index (χ3v) is 5.07. The Balaban J connectivity index is 2.18. The van der Waals surface area contributed by atoms with E-state index < -0.39 is 35.4 Å². The molecule has 0 saturated heterocycles. The van der Waals surface area contributed by atoms with Crippen LogP contribution in [-0.4, -0.2) is 28.8 Å². The molecule has 0 radical (unpaired) electrons. The first-order valence-corrected chi connectivity index (χ1v) is 9.38. The highest BCUT2D eigenvalue weighted by atomic mass is 19.4. The number of nitriles is 1. The van der Waals surface area contributed by atoms with Gasteiger partial charge in [0, 0.05) is 21.7 Å². The average molecular weight is 471 g/mol. The van der Waals surface area contributed by atoms with Crippen molar-refractivity contribution >= 4 is 10.9 Å². The molecule has 0 aromatic carbocycles. The fourth-order valence-corrected chi connectivity index (χ4v) is 3.10. The van der Waals surface area contributed by atoms with Crippen LogP contribution in [0.1, 0.15) is 19.4 Å². The number of hydrogen-bond donors (Lipinski definition) is 0. The van der Waals surface area contributed by atoms with Crippen LogP contribution in [0.3, 0.4) is 0 Å².